The van der Waals surface area contributed by atoms with Crippen molar-refractivity contribution in [1.29, 1.82) is 0 Å². The van der Waals surface area contributed by atoms with Crippen molar-refractivity contribution in [3.63, 3.8) is 0 Å². The molecule has 16 heavy (non-hydrogen) atoms. The smallest absolute Gasteiger partial charge is 0.0938 e. The average Bonchev–Trinajstić information content (AvgIpc) is 2.32. The second-order valence-electron chi connectivity index (χ2n) is 4.13. The molecule has 1 aromatic heterocycles. The minimum atomic E-state index is 0.974. The summed E-state index contributed by atoms with van der Waals surface area (Å²) in [6.45, 7) is 4.10. The maximum absolute atomic E-state index is 4.24. The first-order valence-corrected chi connectivity index (χ1v) is 5.38. The molecule has 2 nitrogen and oxygen atoms in total. The third-order valence-electron chi connectivity index (χ3n) is 3.12. The van der Waals surface area contributed by atoms with E-state index < -0.39 is 0 Å². The molecule has 78 valence electrons. The van der Waals surface area contributed by atoms with E-state index in [0.29, 0.717) is 0 Å². The van der Waals surface area contributed by atoms with E-state index >= 15 is 0 Å². The van der Waals surface area contributed by atoms with Crippen LogP contribution in [0.5, 0.6) is 0 Å². The number of benzene rings is 2. The van der Waals surface area contributed by atoms with Crippen molar-refractivity contribution in [2.75, 3.05) is 0 Å². The molecule has 0 saturated heterocycles. The summed E-state index contributed by atoms with van der Waals surface area (Å²) < 4.78 is 0. The molecule has 0 saturated carbocycles. The normalized spacial score (nSPS) is 11.1. The lowest BCUT2D eigenvalue weighted by atomic mass is 10.0. The number of fused-ring (bicyclic) bond motifs is 2. The lowest BCUT2D eigenvalue weighted by Gasteiger charge is -2.05. The number of aryl methyl sites for hydroxylation is 2. The predicted octanol–water partition coefficient (Wildman–Crippen LogP) is 3.40. The number of nitrogens with zero attached hydrogens (tertiary/aromatic N) is 2. The molecule has 0 radical (unpaired) electrons. The van der Waals surface area contributed by atoms with Gasteiger partial charge in [0.05, 0.1) is 11.2 Å². The van der Waals surface area contributed by atoms with E-state index in [4.69, 9.17) is 0 Å². The van der Waals surface area contributed by atoms with Gasteiger partial charge in [0.15, 0.2) is 0 Å². The molecule has 0 spiro atoms. The van der Waals surface area contributed by atoms with Crippen LogP contribution in [0.25, 0.3) is 21.7 Å². The monoisotopic (exact) mass is 208 g/mol. The maximum atomic E-state index is 4.24. The van der Waals surface area contributed by atoms with E-state index in [0.717, 1.165) is 11.2 Å². The summed E-state index contributed by atoms with van der Waals surface area (Å²) in [4.78, 5) is 0. The molecule has 0 bridgehead atoms. The van der Waals surface area contributed by atoms with Crippen LogP contribution in [0.15, 0.2) is 36.4 Å². The number of hydrogen-bond donors (Lipinski definition) is 0. The van der Waals surface area contributed by atoms with E-state index in [1.54, 1.807) is 0 Å². The van der Waals surface area contributed by atoms with Crippen LogP contribution in [0, 0.1) is 13.8 Å². The van der Waals surface area contributed by atoms with Crippen LogP contribution in [-0.2, 0) is 0 Å². The van der Waals surface area contributed by atoms with E-state index in [-0.39, 0.29) is 0 Å². The molecule has 2 aromatic carbocycles. The predicted molar refractivity (Wildman–Crippen MR) is 66.5 cm³/mol. The van der Waals surface area contributed by atoms with Gasteiger partial charge in [0, 0.05) is 5.39 Å². The molecule has 3 aromatic rings. The first kappa shape index (κ1) is 9.28. The third-order valence-corrected chi connectivity index (χ3v) is 3.12. The highest BCUT2D eigenvalue weighted by atomic mass is 15.1. The van der Waals surface area contributed by atoms with Crippen molar-refractivity contribution in [1.82, 2.24) is 10.2 Å². The highest BCUT2D eigenvalue weighted by Gasteiger charge is 2.04. The van der Waals surface area contributed by atoms with Crippen molar-refractivity contribution < 1.29 is 0 Å². The van der Waals surface area contributed by atoms with Gasteiger partial charge in [-0.2, -0.15) is 10.2 Å². The largest absolute Gasteiger partial charge is 0.155 e. The van der Waals surface area contributed by atoms with E-state index in [2.05, 4.69) is 47.5 Å². The fraction of sp³-hybridized carbons (Fsp3) is 0.143. The van der Waals surface area contributed by atoms with Gasteiger partial charge in [0.2, 0.25) is 0 Å². The van der Waals surface area contributed by atoms with Gasteiger partial charge in [-0.3, -0.25) is 0 Å². The topological polar surface area (TPSA) is 25.8 Å². The van der Waals surface area contributed by atoms with Gasteiger partial charge in [-0.15, -0.1) is 0 Å². The quantitative estimate of drug-likeness (QED) is 0.529. The van der Waals surface area contributed by atoms with Crippen molar-refractivity contribution in [2.24, 2.45) is 0 Å². The minimum Gasteiger partial charge on any atom is -0.155 e. The zero-order chi connectivity index (χ0) is 11.1. The molecular weight excluding hydrogens is 196 g/mol. The van der Waals surface area contributed by atoms with E-state index in [1.165, 1.54) is 21.7 Å². The first-order chi connectivity index (χ1) is 7.75. The summed E-state index contributed by atoms with van der Waals surface area (Å²) in [7, 11) is 0. The number of rotatable bonds is 0. The molecule has 0 atom stereocenters. The van der Waals surface area contributed by atoms with Crippen molar-refractivity contribution in [3.05, 3.63) is 47.7 Å². The highest BCUT2D eigenvalue weighted by Crippen LogP contribution is 2.24. The fourth-order valence-corrected chi connectivity index (χ4v) is 2.01. The summed E-state index contributed by atoms with van der Waals surface area (Å²) in [6, 6.07) is 12.6. The van der Waals surface area contributed by atoms with Crippen LogP contribution >= 0.6 is 0 Å². The Labute approximate surface area is 93.9 Å². The van der Waals surface area contributed by atoms with Crippen molar-refractivity contribution in [3.8, 4) is 0 Å². The Morgan fingerprint density at radius 2 is 1.56 bits per heavy atom. The van der Waals surface area contributed by atoms with E-state index in [1.807, 2.05) is 13.0 Å². The van der Waals surface area contributed by atoms with Gasteiger partial charge in [-0.25, -0.2) is 0 Å². The molecule has 0 aliphatic rings. The summed E-state index contributed by atoms with van der Waals surface area (Å²) in [5.74, 6) is 0. The van der Waals surface area contributed by atoms with Crippen LogP contribution in [0.1, 0.15) is 11.3 Å². The van der Waals surface area contributed by atoms with Gasteiger partial charge in [0.25, 0.3) is 0 Å². The maximum Gasteiger partial charge on any atom is 0.0938 e. The average molecular weight is 208 g/mol. The summed E-state index contributed by atoms with van der Waals surface area (Å²) in [5, 5.41) is 12.1. The van der Waals surface area contributed by atoms with Crippen molar-refractivity contribution in [2.45, 2.75) is 13.8 Å². The van der Waals surface area contributed by atoms with Gasteiger partial charge >= 0.3 is 0 Å². The Morgan fingerprint density at radius 1 is 0.875 bits per heavy atom. The lowest BCUT2D eigenvalue weighted by Crippen LogP contribution is -1.93. The van der Waals surface area contributed by atoms with Gasteiger partial charge in [-0.05, 0) is 42.3 Å². The second kappa shape index (κ2) is 3.27. The number of hydrogen-bond acceptors (Lipinski definition) is 2. The van der Waals surface area contributed by atoms with Crippen LogP contribution in [-0.4, -0.2) is 10.2 Å². The van der Waals surface area contributed by atoms with Crippen molar-refractivity contribution >= 4 is 21.7 Å². The van der Waals surface area contributed by atoms with Crippen LogP contribution < -0.4 is 0 Å². The molecule has 0 N–H and O–H groups in total. The Balaban J connectivity index is 2.51. The zero-order valence-corrected chi connectivity index (χ0v) is 9.36. The first-order valence-electron chi connectivity index (χ1n) is 5.38. The van der Waals surface area contributed by atoms with Gasteiger partial charge in [-0.1, -0.05) is 24.3 Å². The third kappa shape index (κ3) is 1.27. The Morgan fingerprint density at radius 3 is 2.31 bits per heavy atom. The van der Waals surface area contributed by atoms with Gasteiger partial charge in [0.1, 0.15) is 0 Å². The molecule has 0 amide bonds. The Bertz CT molecular complexity index is 687. The minimum absolute atomic E-state index is 0.974. The Hall–Kier alpha value is -1.96. The van der Waals surface area contributed by atoms with Crippen LogP contribution in [0.2, 0.25) is 0 Å². The molecule has 2 heteroatoms. The fourth-order valence-electron chi connectivity index (χ4n) is 2.01. The molecule has 0 aliphatic carbocycles. The molecule has 0 fully saturated rings. The summed E-state index contributed by atoms with van der Waals surface area (Å²) >= 11 is 0. The molecule has 1 heterocycles. The summed E-state index contributed by atoms with van der Waals surface area (Å²) in [6.07, 6.45) is 0. The molecular formula is C14H12N2. The molecule has 0 unspecified atom stereocenters. The lowest BCUT2D eigenvalue weighted by molar-refractivity contribution is 1.00. The number of aromatic nitrogens is 2. The SMILES string of the molecule is Cc1nnc2cc3ccccc3cc2c1C. The molecule has 0 aliphatic heterocycles. The summed E-state index contributed by atoms with van der Waals surface area (Å²) in [5.41, 5.74) is 3.19. The van der Waals surface area contributed by atoms with Crippen LogP contribution in [0.4, 0.5) is 0 Å². The van der Waals surface area contributed by atoms with Crippen LogP contribution in [0.3, 0.4) is 0 Å². The standard InChI is InChI=1S/C14H12N2/c1-9-10(2)15-16-14-8-12-6-4-3-5-11(12)7-13(9)14/h3-8H,1-2H3. The van der Waals surface area contributed by atoms with Gasteiger partial charge < -0.3 is 0 Å². The second-order valence-corrected chi connectivity index (χ2v) is 4.13. The molecule has 3 rings (SSSR count). The van der Waals surface area contributed by atoms with E-state index in [9.17, 15) is 0 Å². The zero-order valence-electron chi connectivity index (χ0n) is 9.36. The highest BCUT2D eigenvalue weighted by molar-refractivity contribution is 5.97. The Kier molecular flexibility index (Phi) is 1.90.